The molecule has 0 spiro atoms. The second-order valence-corrected chi connectivity index (χ2v) is 6.04. The van der Waals surface area contributed by atoms with E-state index in [2.05, 4.69) is 0 Å². The third kappa shape index (κ3) is 2.83. The molecule has 0 atom stereocenters. The fourth-order valence-corrected chi connectivity index (χ4v) is 3.17. The molecule has 0 aliphatic carbocycles. The summed E-state index contributed by atoms with van der Waals surface area (Å²) >= 11 is 1.31. The quantitative estimate of drug-likeness (QED) is 0.605. The molecule has 0 saturated heterocycles. The summed E-state index contributed by atoms with van der Waals surface area (Å²) < 4.78 is 26.3. The molecule has 22 heavy (non-hydrogen) atoms. The van der Waals surface area contributed by atoms with Gasteiger partial charge in [-0.3, -0.25) is 4.79 Å². The zero-order valence-corrected chi connectivity index (χ0v) is 12.6. The van der Waals surface area contributed by atoms with Crippen LogP contribution in [0.5, 0.6) is 0 Å². The molecule has 1 nitrogen and oxygen atoms in total. The molecule has 0 radical (unpaired) electrons. The Morgan fingerprint density at radius 3 is 2.32 bits per heavy atom. The first-order chi connectivity index (χ1) is 10.5. The summed E-state index contributed by atoms with van der Waals surface area (Å²) in [5.74, 6) is -0.924. The summed E-state index contributed by atoms with van der Waals surface area (Å²) in [6.07, 6.45) is 0. The van der Waals surface area contributed by atoms with Gasteiger partial charge in [-0.1, -0.05) is 18.2 Å². The molecule has 1 aromatic heterocycles. The van der Waals surface area contributed by atoms with E-state index in [0.29, 0.717) is 10.4 Å². The maximum absolute atomic E-state index is 13.3. The lowest BCUT2D eigenvalue weighted by molar-refractivity contribution is 0.104. The minimum Gasteiger partial charge on any atom is -0.288 e. The summed E-state index contributed by atoms with van der Waals surface area (Å²) in [5, 5.41) is 0. The molecule has 3 aromatic rings. The van der Waals surface area contributed by atoms with Crippen LogP contribution in [-0.4, -0.2) is 5.78 Å². The Morgan fingerprint density at radius 1 is 0.909 bits per heavy atom. The van der Waals surface area contributed by atoms with E-state index >= 15 is 0 Å². The standard InChI is InChI=1S/C18H12F2OS/c1-11-2-5-14(20)10-15(11)18(21)17-9-8-16(22-17)12-3-6-13(19)7-4-12/h2-10H,1H3. The fraction of sp³-hybridized carbons (Fsp3) is 0.0556. The predicted octanol–water partition coefficient (Wildman–Crippen LogP) is 5.23. The lowest BCUT2D eigenvalue weighted by Crippen LogP contribution is -2.02. The summed E-state index contributed by atoms with van der Waals surface area (Å²) in [4.78, 5) is 13.9. The molecule has 2 aromatic carbocycles. The minimum absolute atomic E-state index is 0.199. The van der Waals surface area contributed by atoms with Gasteiger partial charge in [0.2, 0.25) is 5.78 Å². The summed E-state index contributed by atoms with van der Waals surface area (Å²) in [5.41, 5.74) is 1.96. The van der Waals surface area contributed by atoms with Crippen molar-refractivity contribution in [1.82, 2.24) is 0 Å². The molecule has 4 heteroatoms. The average Bonchev–Trinajstić information content (AvgIpc) is 2.99. The number of aryl methyl sites for hydroxylation is 1. The van der Waals surface area contributed by atoms with Gasteiger partial charge in [-0.25, -0.2) is 8.78 Å². The van der Waals surface area contributed by atoms with Crippen LogP contribution in [0, 0.1) is 18.6 Å². The van der Waals surface area contributed by atoms with E-state index in [-0.39, 0.29) is 11.6 Å². The van der Waals surface area contributed by atoms with Gasteiger partial charge in [0.1, 0.15) is 11.6 Å². The third-order valence-corrected chi connectivity index (χ3v) is 4.54. The third-order valence-electron chi connectivity index (χ3n) is 3.40. The van der Waals surface area contributed by atoms with Crippen LogP contribution in [-0.2, 0) is 0 Å². The van der Waals surface area contributed by atoms with Gasteiger partial charge in [-0.15, -0.1) is 11.3 Å². The van der Waals surface area contributed by atoms with Crippen molar-refractivity contribution in [2.24, 2.45) is 0 Å². The summed E-state index contributed by atoms with van der Waals surface area (Å²) in [7, 11) is 0. The average molecular weight is 314 g/mol. The Morgan fingerprint density at radius 2 is 1.59 bits per heavy atom. The van der Waals surface area contributed by atoms with Gasteiger partial charge in [0.15, 0.2) is 0 Å². The number of hydrogen-bond acceptors (Lipinski definition) is 2. The molecule has 0 N–H and O–H groups in total. The van der Waals surface area contributed by atoms with Crippen LogP contribution in [0.2, 0.25) is 0 Å². The summed E-state index contributed by atoms with van der Waals surface area (Å²) in [6, 6.07) is 13.8. The number of benzene rings is 2. The molecule has 0 aliphatic rings. The lowest BCUT2D eigenvalue weighted by atomic mass is 10.0. The largest absolute Gasteiger partial charge is 0.288 e. The van der Waals surface area contributed by atoms with Gasteiger partial charge in [0, 0.05) is 10.4 Å². The van der Waals surface area contributed by atoms with E-state index in [4.69, 9.17) is 0 Å². The van der Waals surface area contributed by atoms with Crippen LogP contribution in [0.4, 0.5) is 8.78 Å². The van der Waals surface area contributed by atoms with E-state index in [1.165, 1.54) is 35.6 Å². The van der Waals surface area contributed by atoms with E-state index in [1.54, 1.807) is 31.2 Å². The highest BCUT2D eigenvalue weighted by molar-refractivity contribution is 7.17. The first kappa shape index (κ1) is 14.6. The molecular formula is C18H12F2OS. The number of carbonyl (C=O) groups is 1. The highest BCUT2D eigenvalue weighted by Gasteiger charge is 2.15. The maximum atomic E-state index is 13.3. The van der Waals surface area contributed by atoms with Crippen molar-refractivity contribution in [2.75, 3.05) is 0 Å². The molecule has 1 heterocycles. The molecule has 0 amide bonds. The first-order valence-corrected chi connectivity index (χ1v) is 7.53. The SMILES string of the molecule is Cc1ccc(F)cc1C(=O)c1ccc(-c2ccc(F)cc2)s1. The van der Waals surface area contributed by atoms with Gasteiger partial charge >= 0.3 is 0 Å². The molecule has 0 saturated carbocycles. The molecular weight excluding hydrogens is 302 g/mol. The Hall–Kier alpha value is -2.33. The molecule has 110 valence electrons. The fourth-order valence-electron chi connectivity index (χ4n) is 2.20. The zero-order chi connectivity index (χ0) is 15.7. The second-order valence-electron chi connectivity index (χ2n) is 4.96. The van der Waals surface area contributed by atoms with Crippen LogP contribution in [0.15, 0.2) is 54.6 Å². The number of halogens is 2. The Kier molecular flexibility index (Phi) is 3.86. The minimum atomic E-state index is -0.427. The topological polar surface area (TPSA) is 17.1 Å². The highest BCUT2D eigenvalue weighted by atomic mass is 32.1. The van der Waals surface area contributed by atoms with Crippen molar-refractivity contribution in [1.29, 1.82) is 0 Å². The van der Waals surface area contributed by atoms with Crippen molar-refractivity contribution in [2.45, 2.75) is 6.92 Å². The van der Waals surface area contributed by atoms with Gasteiger partial charge in [0.05, 0.1) is 4.88 Å². The highest BCUT2D eigenvalue weighted by Crippen LogP contribution is 2.30. The number of thiophene rings is 1. The van der Waals surface area contributed by atoms with Crippen LogP contribution >= 0.6 is 11.3 Å². The van der Waals surface area contributed by atoms with Crippen molar-refractivity contribution in [3.05, 3.63) is 82.2 Å². The van der Waals surface area contributed by atoms with E-state index in [9.17, 15) is 13.6 Å². The Bertz CT molecular complexity index is 835. The van der Waals surface area contributed by atoms with Crippen LogP contribution in [0.1, 0.15) is 20.8 Å². The van der Waals surface area contributed by atoms with Crippen molar-refractivity contribution in [3.63, 3.8) is 0 Å². The lowest BCUT2D eigenvalue weighted by Gasteiger charge is -2.03. The molecule has 0 bridgehead atoms. The van der Waals surface area contributed by atoms with Gasteiger partial charge in [-0.05, 0) is 54.4 Å². The number of rotatable bonds is 3. The molecule has 3 rings (SSSR count). The van der Waals surface area contributed by atoms with Crippen LogP contribution in [0.25, 0.3) is 10.4 Å². The monoisotopic (exact) mass is 314 g/mol. The smallest absolute Gasteiger partial charge is 0.203 e. The normalized spacial score (nSPS) is 10.7. The van der Waals surface area contributed by atoms with Gasteiger partial charge in [0.25, 0.3) is 0 Å². The van der Waals surface area contributed by atoms with Crippen LogP contribution in [0.3, 0.4) is 0 Å². The van der Waals surface area contributed by atoms with Crippen molar-refractivity contribution < 1.29 is 13.6 Å². The zero-order valence-electron chi connectivity index (χ0n) is 11.8. The van der Waals surface area contributed by atoms with Gasteiger partial charge in [-0.2, -0.15) is 0 Å². The molecule has 0 fully saturated rings. The first-order valence-electron chi connectivity index (χ1n) is 6.71. The van der Waals surface area contributed by atoms with E-state index in [1.807, 2.05) is 6.07 Å². The number of ketones is 1. The molecule has 0 aliphatic heterocycles. The Labute approximate surface area is 130 Å². The van der Waals surface area contributed by atoms with Gasteiger partial charge < -0.3 is 0 Å². The molecule has 0 unspecified atom stereocenters. The second kappa shape index (κ2) is 5.81. The predicted molar refractivity (Wildman–Crippen MR) is 84.3 cm³/mol. The van der Waals surface area contributed by atoms with Crippen molar-refractivity contribution in [3.8, 4) is 10.4 Å². The Balaban J connectivity index is 1.95. The van der Waals surface area contributed by atoms with E-state index in [0.717, 1.165) is 16.0 Å². The summed E-state index contributed by atoms with van der Waals surface area (Å²) in [6.45, 7) is 1.78. The van der Waals surface area contributed by atoms with Crippen molar-refractivity contribution >= 4 is 17.1 Å². The van der Waals surface area contributed by atoms with E-state index < -0.39 is 5.82 Å². The maximum Gasteiger partial charge on any atom is 0.203 e. The van der Waals surface area contributed by atoms with Crippen LogP contribution < -0.4 is 0 Å². The number of carbonyl (C=O) groups excluding carboxylic acids is 1. The number of hydrogen-bond donors (Lipinski definition) is 0.